The van der Waals surface area contributed by atoms with Gasteiger partial charge in [-0.15, -0.1) is 0 Å². The number of aliphatic hydroxyl groups excluding tert-OH is 1. The van der Waals surface area contributed by atoms with Gasteiger partial charge in [0.2, 0.25) is 0 Å². The summed E-state index contributed by atoms with van der Waals surface area (Å²) in [7, 11) is 3.19. The SMILES string of the molecule is CN(C)c1cc(C(O)CN)cc(F)c1F. The van der Waals surface area contributed by atoms with Crippen LogP contribution in [0.15, 0.2) is 12.1 Å². The van der Waals surface area contributed by atoms with Crippen LogP contribution in [0.25, 0.3) is 0 Å². The molecular weight excluding hydrogens is 202 g/mol. The molecule has 0 aliphatic heterocycles. The Bertz CT molecular complexity index is 356. The Balaban J connectivity index is 3.23. The number of nitrogens with zero attached hydrogens (tertiary/aromatic N) is 1. The molecule has 1 aromatic rings. The highest BCUT2D eigenvalue weighted by atomic mass is 19.2. The second-order valence-corrected chi connectivity index (χ2v) is 3.48. The molecule has 15 heavy (non-hydrogen) atoms. The highest BCUT2D eigenvalue weighted by Crippen LogP contribution is 2.25. The van der Waals surface area contributed by atoms with E-state index in [1.165, 1.54) is 11.0 Å². The first-order chi connectivity index (χ1) is 6.97. The van der Waals surface area contributed by atoms with Crippen molar-refractivity contribution in [2.24, 2.45) is 5.73 Å². The number of anilines is 1. The molecule has 0 amide bonds. The lowest BCUT2D eigenvalue weighted by molar-refractivity contribution is 0.186. The van der Waals surface area contributed by atoms with Crippen molar-refractivity contribution in [3.05, 3.63) is 29.3 Å². The van der Waals surface area contributed by atoms with Gasteiger partial charge in [-0.05, 0) is 17.7 Å². The lowest BCUT2D eigenvalue weighted by Crippen LogP contribution is -2.16. The van der Waals surface area contributed by atoms with E-state index in [1.54, 1.807) is 14.1 Å². The number of rotatable bonds is 3. The Morgan fingerprint density at radius 1 is 1.40 bits per heavy atom. The van der Waals surface area contributed by atoms with Gasteiger partial charge in [0, 0.05) is 20.6 Å². The van der Waals surface area contributed by atoms with Crippen LogP contribution in [-0.2, 0) is 0 Å². The monoisotopic (exact) mass is 216 g/mol. The molecule has 0 saturated carbocycles. The zero-order valence-corrected chi connectivity index (χ0v) is 8.67. The van der Waals surface area contributed by atoms with Crippen LogP contribution in [0.3, 0.4) is 0 Å². The third-order valence-corrected chi connectivity index (χ3v) is 2.12. The largest absolute Gasteiger partial charge is 0.387 e. The standard InChI is InChI=1S/C10H14F2N2O/c1-14(2)8-4-6(9(15)5-13)3-7(11)10(8)12/h3-4,9,15H,5,13H2,1-2H3. The molecule has 0 bridgehead atoms. The summed E-state index contributed by atoms with van der Waals surface area (Å²) in [6.07, 6.45) is -0.973. The molecular formula is C10H14F2N2O. The Morgan fingerprint density at radius 3 is 2.47 bits per heavy atom. The van der Waals surface area contributed by atoms with E-state index in [0.717, 1.165) is 6.07 Å². The van der Waals surface area contributed by atoms with Gasteiger partial charge in [-0.3, -0.25) is 0 Å². The Labute approximate surface area is 87.1 Å². The summed E-state index contributed by atoms with van der Waals surface area (Å²) in [5.41, 5.74) is 5.61. The Kier molecular flexibility index (Phi) is 3.60. The van der Waals surface area contributed by atoms with Gasteiger partial charge >= 0.3 is 0 Å². The molecule has 1 rings (SSSR count). The van der Waals surface area contributed by atoms with Crippen LogP contribution in [0, 0.1) is 11.6 Å². The fraction of sp³-hybridized carbons (Fsp3) is 0.400. The van der Waals surface area contributed by atoms with Crippen molar-refractivity contribution in [2.75, 3.05) is 25.5 Å². The van der Waals surface area contributed by atoms with Crippen LogP contribution in [-0.4, -0.2) is 25.7 Å². The quantitative estimate of drug-likeness (QED) is 0.793. The average Bonchev–Trinajstić information content (AvgIpc) is 2.20. The zero-order valence-electron chi connectivity index (χ0n) is 8.67. The molecule has 0 saturated heterocycles. The summed E-state index contributed by atoms with van der Waals surface area (Å²) >= 11 is 0. The molecule has 3 N–H and O–H groups in total. The summed E-state index contributed by atoms with van der Waals surface area (Å²) in [6, 6.07) is 2.34. The van der Waals surface area contributed by atoms with Crippen molar-refractivity contribution in [1.29, 1.82) is 0 Å². The molecule has 0 radical (unpaired) electrons. The van der Waals surface area contributed by atoms with Crippen LogP contribution < -0.4 is 10.6 Å². The van der Waals surface area contributed by atoms with Crippen molar-refractivity contribution < 1.29 is 13.9 Å². The van der Waals surface area contributed by atoms with Gasteiger partial charge in [-0.25, -0.2) is 8.78 Å². The van der Waals surface area contributed by atoms with Gasteiger partial charge < -0.3 is 15.7 Å². The van der Waals surface area contributed by atoms with E-state index in [1.807, 2.05) is 0 Å². The summed E-state index contributed by atoms with van der Waals surface area (Å²) < 4.78 is 26.4. The second-order valence-electron chi connectivity index (χ2n) is 3.48. The molecule has 0 spiro atoms. The number of hydrogen-bond donors (Lipinski definition) is 2. The maximum absolute atomic E-state index is 13.3. The second kappa shape index (κ2) is 4.55. The van der Waals surface area contributed by atoms with Crippen molar-refractivity contribution in [1.82, 2.24) is 0 Å². The predicted octanol–water partition coefficient (Wildman–Crippen LogP) is 1.02. The summed E-state index contributed by atoms with van der Waals surface area (Å²) in [5.74, 6) is -1.91. The van der Waals surface area contributed by atoms with E-state index in [0.29, 0.717) is 0 Å². The smallest absolute Gasteiger partial charge is 0.182 e. The number of hydrogen-bond acceptors (Lipinski definition) is 3. The normalized spacial score (nSPS) is 12.7. The molecule has 3 nitrogen and oxygen atoms in total. The molecule has 0 aliphatic rings. The topological polar surface area (TPSA) is 49.5 Å². The number of benzene rings is 1. The van der Waals surface area contributed by atoms with Gasteiger partial charge in [0.15, 0.2) is 11.6 Å². The first kappa shape index (κ1) is 11.9. The van der Waals surface area contributed by atoms with E-state index >= 15 is 0 Å². The van der Waals surface area contributed by atoms with Crippen molar-refractivity contribution in [2.45, 2.75) is 6.10 Å². The van der Waals surface area contributed by atoms with Crippen molar-refractivity contribution in [3.8, 4) is 0 Å². The minimum atomic E-state index is -0.983. The molecule has 0 aliphatic carbocycles. The van der Waals surface area contributed by atoms with E-state index < -0.39 is 17.7 Å². The minimum Gasteiger partial charge on any atom is -0.387 e. The molecule has 0 heterocycles. The maximum atomic E-state index is 13.3. The van der Waals surface area contributed by atoms with Gasteiger partial charge in [0.05, 0.1) is 11.8 Å². The highest BCUT2D eigenvalue weighted by Gasteiger charge is 2.15. The predicted molar refractivity (Wildman–Crippen MR) is 54.7 cm³/mol. The summed E-state index contributed by atoms with van der Waals surface area (Å²) in [4.78, 5) is 1.44. The van der Waals surface area contributed by atoms with E-state index in [4.69, 9.17) is 5.73 Å². The minimum absolute atomic E-state index is 0.0298. The highest BCUT2D eigenvalue weighted by molar-refractivity contribution is 5.49. The van der Waals surface area contributed by atoms with Crippen LogP contribution in [0.2, 0.25) is 0 Å². The van der Waals surface area contributed by atoms with Crippen LogP contribution in [0.5, 0.6) is 0 Å². The van der Waals surface area contributed by atoms with Crippen molar-refractivity contribution >= 4 is 5.69 Å². The van der Waals surface area contributed by atoms with E-state index in [-0.39, 0.29) is 17.8 Å². The van der Waals surface area contributed by atoms with Crippen LogP contribution >= 0.6 is 0 Å². The maximum Gasteiger partial charge on any atom is 0.182 e. The third kappa shape index (κ3) is 2.43. The van der Waals surface area contributed by atoms with E-state index in [9.17, 15) is 13.9 Å². The molecule has 1 atom stereocenters. The van der Waals surface area contributed by atoms with Crippen molar-refractivity contribution in [3.63, 3.8) is 0 Å². The van der Waals surface area contributed by atoms with Crippen LogP contribution in [0.4, 0.5) is 14.5 Å². The lowest BCUT2D eigenvalue weighted by Gasteiger charge is -2.17. The fourth-order valence-electron chi connectivity index (χ4n) is 1.25. The lowest BCUT2D eigenvalue weighted by atomic mass is 10.1. The van der Waals surface area contributed by atoms with E-state index in [2.05, 4.69) is 0 Å². The molecule has 1 unspecified atom stereocenters. The average molecular weight is 216 g/mol. The van der Waals surface area contributed by atoms with Gasteiger partial charge in [0.25, 0.3) is 0 Å². The molecule has 1 aromatic carbocycles. The van der Waals surface area contributed by atoms with Crippen LogP contribution in [0.1, 0.15) is 11.7 Å². The summed E-state index contributed by atoms with van der Waals surface area (Å²) in [5, 5.41) is 9.42. The van der Waals surface area contributed by atoms with Gasteiger partial charge in [-0.2, -0.15) is 0 Å². The molecule has 0 aromatic heterocycles. The first-order valence-corrected chi connectivity index (χ1v) is 4.51. The Hall–Kier alpha value is -1.20. The third-order valence-electron chi connectivity index (χ3n) is 2.12. The summed E-state index contributed by atoms with van der Waals surface area (Å²) in [6.45, 7) is -0.0298. The first-order valence-electron chi connectivity index (χ1n) is 4.51. The fourth-order valence-corrected chi connectivity index (χ4v) is 1.25. The molecule has 84 valence electrons. The Morgan fingerprint density at radius 2 is 2.00 bits per heavy atom. The number of aliphatic hydroxyl groups is 1. The molecule has 0 fully saturated rings. The van der Waals surface area contributed by atoms with Gasteiger partial charge in [0.1, 0.15) is 0 Å². The van der Waals surface area contributed by atoms with Gasteiger partial charge in [-0.1, -0.05) is 0 Å². The zero-order chi connectivity index (χ0) is 11.6. The number of nitrogens with two attached hydrogens (primary N) is 1. The molecule has 5 heteroatoms. The number of halogens is 2.